The van der Waals surface area contributed by atoms with E-state index in [0.29, 0.717) is 17.2 Å². The van der Waals surface area contributed by atoms with E-state index < -0.39 is 0 Å². The molecule has 0 saturated carbocycles. The lowest BCUT2D eigenvalue weighted by Crippen LogP contribution is -2.22. The summed E-state index contributed by atoms with van der Waals surface area (Å²) in [7, 11) is 0. The summed E-state index contributed by atoms with van der Waals surface area (Å²) in [5, 5.41) is 4.78. The van der Waals surface area contributed by atoms with E-state index in [9.17, 15) is 4.79 Å². The lowest BCUT2D eigenvalue weighted by atomic mass is 10.1. The van der Waals surface area contributed by atoms with E-state index >= 15 is 0 Å². The molecule has 0 atom stereocenters. The summed E-state index contributed by atoms with van der Waals surface area (Å²) in [5.74, 6) is 0.625. The Morgan fingerprint density at radius 2 is 2.20 bits per heavy atom. The molecule has 5 heteroatoms. The second-order valence-corrected chi connectivity index (χ2v) is 5.10. The fourth-order valence-corrected chi connectivity index (χ4v) is 2.53. The Kier molecular flexibility index (Phi) is 3.60. The van der Waals surface area contributed by atoms with Crippen LogP contribution >= 0.6 is 11.3 Å². The molecule has 0 saturated heterocycles. The third kappa shape index (κ3) is 2.62. The van der Waals surface area contributed by atoms with Crippen molar-refractivity contribution in [2.24, 2.45) is 0 Å². The van der Waals surface area contributed by atoms with Crippen LogP contribution in [0.4, 0.5) is 0 Å². The van der Waals surface area contributed by atoms with E-state index in [-0.39, 0.29) is 5.91 Å². The minimum atomic E-state index is -0.0748. The molecule has 1 amide bonds. The van der Waals surface area contributed by atoms with Crippen LogP contribution in [-0.2, 0) is 6.54 Å². The van der Waals surface area contributed by atoms with Crippen LogP contribution in [0.15, 0.2) is 58.7 Å². The highest BCUT2D eigenvalue weighted by molar-refractivity contribution is 7.12. The molecule has 0 bridgehead atoms. The summed E-state index contributed by atoms with van der Waals surface area (Å²) in [6.45, 7) is 0.417. The van der Waals surface area contributed by atoms with Crippen molar-refractivity contribution in [3.8, 4) is 11.5 Å². The fraction of sp³-hybridized carbons (Fsp3) is 0.0667. The van der Waals surface area contributed by atoms with Crippen molar-refractivity contribution in [3.63, 3.8) is 0 Å². The van der Waals surface area contributed by atoms with E-state index in [2.05, 4.69) is 10.3 Å². The van der Waals surface area contributed by atoms with Crippen molar-refractivity contribution >= 4 is 17.2 Å². The zero-order valence-corrected chi connectivity index (χ0v) is 11.4. The van der Waals surface area contributed by atoms with Gasteiger partial charge < -0.3 is 9.73 Å². The highest BCUT2D eigenvalue weighted by Gasteiger charge is 2.11. The topological polar surface area (TPSA) is 55.1 Å². The average molecular weight is 284 g/mol. The number of hydrogen-bond acceptors (Lipinski definition) is 4. The lowest BCUT2D eigenvalue weighted by Gasteiger charge is -2.07. The molecule has 3 rings (SSSR count). The van der Waals surface area contributed by atoms with Gasteiger partial charge in [0.1, 0.15) is 5.69 Å². The molecule has 4 nitrogen and oxygen atoms in total. The van der Waals surface area contributed by atoms with E-state index in [0.717, 1.165) is 11.3 Å². The summed E-state index contributed by atoms with van der Waals surface area (Å²) in [6, 6.07) is 11.1. The summed E-state index contributed by atoms with van der Waals surface area (Å²) >= 11 is 1.42. The van der Waals surface area contributed by atoms with E-state index in [1.807, 2.05) is 35.7 Å². The predicted octanol–water partition coefficient (Wildman–Crippen LogP) is 3.33. The largest absolute Gasteiger partial charge is 0.463 e. The molecule has 1 N–H and O–H groups in total. The second-order valence-electron chi connectivity index (χ2n) is 4.15. The number of thiophene rings is 1. The third-order valence-electron chi connectivity index (χ3n) is 2.83. The van der Waals surface area contributed by atoms with Crippen molar-refractivity contribution in [3.05, 3.63) is 64.7 Å². The molecule has 3 aromatic rings. The minimum Gasteiger partial charge on any atom is -0.463 e. The van der Waals surface area contributed by atoms with Crippen LogP contribution in [0.5, 0.6) is 0 Å². The summed E-state index contributed by atoms with van der Waals surface area (Å²) in [4.78, 5) is 17.0. The van der Waals surface area contributed by atoms with Gasteiger partial charge in [-0.15, -0.1) is 11.3 Å². The number of nitrogens with one attached hydrogen (secondary N) is 1. The summed E-state index contributed by atoms with van der Waals surface area (Å²) in [6.07, 6.45) is 3.32. The second kappa shape index (κ2) is 5.71. The van der Waals surface area contributed by atoms with Gasteiger partial charge in [-0.25, -0.2) is 0 Å². The van der Waals surface area contributed by atoms with Gasteiger partial charge in [0.2, 0.25) is 0 Å². The molecule has 0 aliphatic carbocycles. The molecule has 0 aliphatic rings. The van der Waals surface area contributed by atoms with Crippen LogP contribution in [0.3, 0.4) is 0 Å². The van der Waals surface area contributed by atoms with Crippen LogP contribution in [0.1, 0.15) is 15.2 Å². The van der Waals surface area contributed by atoms with Crippen LogP contribution in [0.2, 0.25) is 0 Å². The van der Waals surface area contributed by atoms with Crippen molar-refractivity contribution < 1.29 is 9.21 Å². The fourth-order valence-electron chi connectivity index (χ4n) is 1.89. The standard InChI is InChI=1S/C15H12N2O2S/c18-15(13-6-3-9-20-13)17-10-11-4-1-7-16-14(11)12-5-2-8-19-12/h1-9H,10H2,(H,17,18). The Bertz CT molecular complexity index is 691. The van der Waals surface area contributed by atoms with Gasteiger partial charge in [0, 0.05) is 18.3 Å². The molecular formula is C15H12N2O2S. The Balaban J connectivity index is 1.77. The van der Waals surface area contributed by atoms with Crippen LogP contribution in [-0.4, -0.2) is 10.9 Å². The van der Waals surface area contributed by atoms with Gasteiger partial charge in [0.25, 0.3) is 5.91 Å². The Hall–Kier alpha value is -2.40. The van der Waals surface area contributed by atoms with Crippen molar-refractivity contribution in [2.45, 2.75) is 6.54 Å². The number of furan rings is 1. The van der Waals surface area contributed by atoms with Gasteiger partial charge in [-0.05, 0) is 29.6 Å². The SMILES string of the molecule is O=C(NCc1cccnc1-c1ccco1)c1cccs1. The van der Waals surface area contributed by atoms with Gasteiger partial charge in [-0.2, -0.15) is 0 Å². The monoisotopic (exact) mass is 284 g/mol. The maximum absolute atomic E-state index is 11.9. The number of aromatic nitrogens is 1. The first-order valence-corrected chi connectivity index (χ1v) is 7.02. The van der Waals surface area contributed by atoms with Crippen molar-refractivity contribution in [1.82, 2.24) is 10.3 Å². The number of hydrogen-bond donors (Lipinski definition) is 1. The zero-order valence-electron chi connectivity index (χ0n) is 10.6. The Labute approximate surface area is 120 Å². The molecule has 100 valence electrons. The first-order chi connectivity index (χ1) is 9.84. The van der Waals surface area contributed by atoms with E-state index in [1.165, 1.54) is 11.3 Å². The minimum absolute atomic E-state index is 0.0748. The zero-order chi connectivity index (χ0) is 13.8. The number of amides is 1. The Morgan fingerprint density at radius 1 is 1.25 bits per heavy atom. The third-order valence-corrected chi connectivity index (χ3v) is 3.70. The number of pyridine rings is 1. The van der Waals surface area contributed by atoms with Crippen molar-refractivity contribution in [1.29, 1.82) is 0 Å². The molecule has 3 heterocycles. The average Bonchev–Trinajstić information content (AvgIpc) is 3.17. The highest BCUT2D eigenvalue weighted by atomic mass is 32.1. The van der Waals surface area contributed by atoms with E-state index in [4.69, 9.17) is 4.42 Å². The number of rotatable bonds is 4. The van der Waals surface area contributed by atoms with Gasteiger partial charge in [-0.3, -0.25) is 9.78 Å². The van der Waals surface area contributed by atoms with Gasteiger partial charge >= 0.3 is 0 Å². The molecule has 0 radical (unpaired) electrons. The predicted molar refractivity (Wildman–Crippen MR) is 77.4 cm³/mol. The normalized spacial score (nSPS) is 10.4. The molecule has 0 unspecified atom stereocenters. The molecule has 3 aromatic heterocycles. The maximum Gasteiger partial charge on any atom is 0.261 e. The summed E-state index contributed by atoms with van der Waals surface area (Å²) in [5.41, 5.74) is 1.68. The molecular weight excluding hydrogens is 272 g/mol. The van der Waals surface area contributed by atoms with Gasteiger partial charge in [0.05, 0.1) is 11.1 Å². The van der Waals surface area contributed by atoms with Crippen LogP contribution in [0, 0.1) is 0 Å². The number of carbonyl (C=O) groups is 1. The first-order valence-electron chi connectivity index (χ1n) is 6.14. The molecule has 0 spiro atoms. The summed E-state index contributed by atoms with van der Waals surface area (Å²) < 4.78 is 5.37. The molecule has 0 fully saturated rings. The number of nitrogens with zero attached hydrogens (tertiary/aromatic N) is 1. The van der Waals surface area contributed by atoms with E-state index in [1.54, 1.807) is 18.5 Å². The van der Waals surface area contributed by atoms with Crippen LogP contribution < -0.4 is 5.32 Å². The first kappa shape index (κ1) is 12.6. The Morgan fingerprint density at radius 3 is 2.95 bits per heavy atom. The van der Waals surface area contributed by atoms with Gasteiger partial charge in [-0.1, -0.05) is 12.1 Å². The molecule has 0 aliphatic heterocycles. The van der Waals surface area contributed by atoms with Crippen molar-refractivity contribution in [2.75, 3.05) is 0 Å². The molecule has 0 aromatic carbocycles. The maximum atomic E-state index is 11.9. The highest BCUT2D eigenvalue weighted by Crippen LogP contribution is 2.21. The van der Waals surface area contributed by atoms with Gasteiger partial charge in [0.15, 0.2) is 5.76 Å². The number of carbonyl (C=O) groups excluding carboxylic acids is 1. The lowest BCUT2D eigenvalue weighted by molar-refractivity contribution is 0.0955. The smallest absolute Gasteiger partial charge is 0.261 e. The quantitative estimate of drug-likeness (QED) is 0.799. The van der Waals surface area contributed by atoms with Crippen LogP contribution in [0.25, 0.3) is 11.5 Å². The molecule has 20 heavy (non-hydrogen) atoms.